The van der Waals surface area contributed by atoms with Crippen molar-refractivity contribution in [1.29, 1.82) is 0 Å². The molecule has 9 nitrogen and oxygen atoms in total. The van der Waals surface area contributed by atoms with Gasteiger partial charge in [0.1, 0.15) is 5.01 Å². The standard InChI is InChI=1S/C29H36N4O5S2/c1-19(35)30-15-5-3-4-6-27(36)31-24-13-11-23(12-14-24)28-37-25(18-39-29-33-32-20(2)40-29)16-26(38-28)22-9-7-21(17-34)8-10-22/h7-14,25-26,28,34H,3-6,15-18H2,1-2H3,(H,30,35)(H,31,36)/t25-,26+,28+/m0/s1. The van der Waals surface area contributed by atoms with Crippen molar-refractivity contribution in [2.45, 2.75) is 75.4 Å². The van der Waals surface area contributed by atoms with Crippen LogP contribution in [0.4, 0.5) is 5.69 Å². The number of aryl methyl sites for hydroxylation is 1. The molecule has 0 spiro atoms. The van der Waals surface area contributed by atoms with E-state index in [0.29, 0.717) is 19.4 Å². The zero-order chi connectivity index (χ0) is 28.3. The number of hydrogen-bond donors (Lipinski definition) is 3. The second-order valence-corrected chi connectivity index (χ2v) is 12.2. The van der Waals surface area contributed by atoms with Crippen LogP contribution in [0.1, 0.15) is 73.1 Å². The van der Waals surface area contributed by atoms with E-state index in [0.717, 1.165) is 56.7 Å². The lowest BCUT2D eigenvalue weighted by molar-refractivity contribution is -0.245. The van der Waals surface area contributed by atoms with Gasteiger partial charge in [-0.2, -0.15) is 0 Å². The van der Waals surface area contributed by atoms with E-state index in [2.05, 4.69) is 20.8 Å². The number of nitrogens with one attached hydrogen (secondary N) is 2. The highest BCUT2D eigenvalue weighted by atomic mass is 32.2. The highest BCUT2D eigenvalue weighted by molar-refractivity contribution is 8.01. The van der Waals surface area contributed by atoms with E-state index in [1.54, 1.807) is 23.1 Å². The summed E-state index contributed by atoms with van der Waals surface area (Å²) in [7, 11) is 0. The van der Waals surface area contributed by atoms with Gasteiger partial charge in [0, 0.05) is 43.3 Å². The quantitative estimate of drug-likeness (QED) is 0.182. The number of amides is 2. The predicted molar refractivity (Wildman–Crippen MR) is 156 cm³/mol. The lowest BCUT2D eigenvalue weighted by Crippen LogP contribution is -2.31. The molecule has 1 aromatic heterocycles. The monoisotopic (exact) mass is 584 g/mol. The van der Waals surface area contributed by atoms with Crippen LogP contribution >= 0.6 is 23.1 Å². The van der Waals surface area contributed by atoms with Gasteiger partial charge in [0.2, 0.25) is 11.8 Å². The number of aliphatic hydroxyl groups excluding tert-OH is 1. The number of ether oxygens (including phenoxy) is 2. The number of carbonyl (C=O) groups excluding carboxylic acids is 2. The zero-order valence-corrected chi connectivity index (χ0v) is 24.4. The van der Waals surface area contributed by atoms with E-state index in [9.17, 15) is 14.7 Å². The Balaban J connectivity index is 1.35. The third kappa shape index (κ3) is 9.38. The molecule has 40 heavy (non-hydrogen) atoms. The van der Waals surface area contributed by atoms with Crippen LogP contribution in [0, 0.1) is 6.92 Å². The first-order valence-corrected chi connectivity index (χ1v) is 15.3. The van der Waals surface area contributed by atoms with Gasteiger partial charge in [0.25, 0.3) is 0 Å². The Morgan fingerprint density at radius 2 is 1.77 bits per heavy atom. The second-order valence-electron chi connectivity index (χ2n) is 9.71. The van der Waals surface area contributed by atoms with Crippen LogP contribution in [0.5, 0.6) is 0 Å². The normalized spacial score (nSPS) is 18.8. The number of hydrogen-bond acceptors (Lipinski definition) is 9. The molecule has 1 aliphatic heterocycles. The molecule has 1 fully saturated rings. The molecule has 3 aromatic rings. The summed E-state index contributed by atoms with van der Waals surface area (Å²) in [6.07, 6.45) is 2.83. The van der Waals surface area contributed by atoms with E-state index in [4.69, 9.17) is 9.47 Å². The van der Waals surface area contributed by atoms with Gasteiger partial charge < -0.3 is 25.2 Å². The average Bonchev–Trinajstić information content (AvgIpc) is 3.39. The molecule has 0 bridgehead atoms. The van der Waals surface area contributed by atoms with Crippen molar-refractivity contribution in [3.05, 3.63) is 70.2 Å². The lowest BCUT2D eigenvalue weighted by Gasteiger charge is -2.36. The largest absolute Gasteiger partial charge is 0.392 e. The van der Waals surface area contributed by atoms with E-state index in [-0.39, 0.29) is 30.6 Å². The van der Waals surface area contributed by atoms with Gasteiger partial charge in [-0.05, 0) is 43.0 Å². The van der Waals surface area contributed by atoms with Gasteiger partial charge in [-0.25, -0.2) is 0 Å². The summed E-state index contributed by atoms with van der Waals surface area (Å²) in [5, 5.41) is 24.4. The van der Waals surface area contributed by atoms with Crippen LogP contribution in [-0.4, -0.2) is 45.5 Å². The molecule has 1 aliphatic rings. The first kappa shape index (κ1) is 30.1. The Kier molecular flexibility index (Phi) is 11.5. The number of aliphatic hydroxyl groups is 1. The molecular formula is C29H36N4O5S2. The summed E-state index contributed by atoms with van der Waals surface area (Å²) in [4.78, 5) is 23.3. The topological polar surface area (TPSA) is 123 Å². The van der Waals surface area contributed by atoms with Gasteiger partial charge in [-0.15, -0.1) is 10.2 Å². The van der Waals surface area contributed by atoms with Crippen LogP contribution in [0.15, 0.2) is 52.9 Å². The SMILES string of the molecule is CC(=O)NCCCCCC(=O)Nc1ccc([C@@H]2O[C@H](CSc3nnc(C)s3)C[C@H](c3ccc(CO)cc3)O2)cc1. The van der Waals surface area contributed by atoms with Crippen molar-refractivity contribution in [1.82, 2.24) is 15.5 Å². The summed E-state index contributed by atoms with van der Waals surface area (Å²) >= 11 is 3.21. The van der Waals surface area contributed by atoms with Crippen molar-refractivity contribution in [2.75, 3.05) is 17.6 Å². The Morgan fingerprint density at radius 1 is 1.02 bits per heavy atom. The average molecular weight is 585 g/mol. The van der Waals surface area contributed by atoms with Gasteiger partial charge >= 0.3 is 0 Å². The van der Waals surface area contributed by atoms with Crippen molar-refractivity contribution >= 4 is 40.6 Å². The summed E-state index contributed by atoms with van der Waals surface area (Å²) in [6, 6.07) is 15.4. The number of anilines is 1. The van der Waals surface area contributed by atoms with Crippen molar-refractivity contribution in [3.8, 4) is 0 Å². The van der Waals surface area contributed by atoms with Gasteiger partial charge in [-0.1, -0.05) is 65.9 Å². The molecule has 0 aliphatic carbocycles. The number of unbranched alkanes of at least 4 members (excludes halogenated alkanes) is 2. The molecule has 2 amide bonds. The third-order valence-electron chi connectivity index (χ3n) is 6.44. The lowest BCUT2D eigenvalue weighted by atomic mass is 10.0. The number of thioether (sulfide) groups is 1. The summed E-state index contributed by atoms with van der Waals surface area (Å²) in [5.41, 5.74) is 3.48. The van der Waals surface area contributed by atoms with E-state index in [1.807, 2.05) is 55.5 Å². The van der Waals surface area contributed by atoms with Crippen LogP contribution in [0.25, 0.3) is 0 Å². The first-order valence-electron chi connectivity index (χ1n) is 13.5. The van der Waals surface area contributed by atoms with E-state index >= 15 is 0 Å². The fraction of sp³-hybridized carbons (Fsp3) is 0.448. The van der Waals surface area contributed by atoms with Crippen molar-refractivity contribution in [2.24, 2.45) is 0 Å². The highest BCUT2D eigenvalue weighted by Crippen LogP contribution is 2.39. The minimum Gasteiger partial charge on any atom is -0.392 e. The maximum absolute atomic E-state index is 12.4. The molecule has 0 unspecified atom stereocenters. The summed E-state index contributed by atoms with van der Waals surface area (Å²) in [6.45, 7) is 4.08. The van der Waals surface area contributed by atoms with Crippen LogP contribution in [0.3, 0.4) is 0 Å². The Hall–Kier alpha value is -2.83. The number of aromatic nitrogens is 2. The molecule has 11 heteroatoms. The van der Waals surface area contributed by atoms with Crippen molar-refractivity contribution in [3.63, 3.8) is 0 Å². The molecule has 1 saturated heterocycles. The van der Waals surface area contributed by atoms with Crippen LogP contribution in [-0.2, 0) is 25.7 Å². The summed E-state index contributed by atoms with van der Waals surface area (Å²) < 4.78 is 13.7. The highest BCUT2D eigenvalue weighted by Gasteiger charge is 2.32. The maximum atomic E-state index is 12.4. The van der Waals surface area contributed by atoms with Gasteiger partial charge in [0.05, 0.1) is 18.8 Å². The van der Waals surface area contributed by atoms with Crippen LogP contribution in [0.2, 0.25) is 0 Å². The maximum Gasteiger partial charge on any atom is 0.224 e. The molecule has 3 atom stereocenters. The molecule has 2 aromatic carbocycles. The molecule has 0 radical (unpaired) electrons. The van der Waals surface area contributed by atoms with E-state index in [1.165, 1.54) is 6.92 Å². The Bertz CT molecular complexity index is 1240. The van der Waals surface area contributed by atoms with E-state index < -0.39 is 6.29 Å². The van der Waals surface area contributed by atoms with Crippen molar-refractivity contribution < 1.29 is 24.2 Å². The Morgan fingerprint density at radius 3 is 2.45 bits per heavy atom. The predicted octanol–water partition coefficient (Wildman–Crippen LogP) is 5.31. The third-order valence-corrected chi connectivity index (χ3v) is 8.54. The fourth-order valence-corrected chi connectivity index (χ4v) is 6.18. The number of nitrogens with zero attached hydrogens (tertiary/aromatic N) is 2. The molecule has 2 heterocycles. The minimum absolute atomic E-state index is 0.000435. The smallest absolute Gasteiger partial charge is 0.224 e. The van der Waals surface area contributed by atoms with Gasteiger partial charge in [0.15, 0.2) is 10.6 Å². The second kappa shape index (κ2) is 15.2. The number of rotatable bonds is 13. The molecular weight excluding hydrogens is 548 g/mol. The first-order chi connectivity index (χ1) is 19.4. The zero-order valence-electron chi connectivity index (χ0n) is 22.8. The van der Waals surface area contributed by atoms with Crippen LogP contribution < -0.4 is 10.6 Å². The Labute approximate surface area is 243 Å². The molecule has 0 saturated carbocycles. The molecule has 4 rings (SSSR count). The molecule has 3 N–H and O–H groups in total. The minimum atomic E-state index is -0.564. The molecule has 214 valence electrons. The fourth-order valence-electron chi connectivity index (χ4n) is 4.32. The van der Waals surface area contributed by atoms with Gasteiger partial charge in [-0.3, -0.25) is 9.59 Å². The summed E-state index contributed by atoms with van der Waals surface area (Å²) in [5.74, 6) is 0.654. The number of benzene rings is 2. The number of carbonyl (C=O) groups is 2.